The summed E-state index contributed by atoms with van der Waals surface area (Å²) in [6.07, 6.45) is 0. The van der Waals surface area contributed by atoms with Crippen LogP contribution in [-0.2, 0) is 0 Å². The fraction of sp³-hybridized carbons (Fsp3) is 0.300. The molecule has 0 radical (unpaired) electrons. The molecule has 4 heteroatoms. The molecule has 0 unspecified atom stereocenters. The summed E-state index contributed by atoms with van der Waals surface area (Å²) in [7, 11) is 3.22. The minimum atomic E-state index is 0.674. The van der Waals surface area contributed by atoms with Crippen LogP contribution in [0.4, 0.5) is 5.69 Å². The zero-order chi connectivity index (χ0) is 10.6. The number of anilines is 1. The van der Waals surface area contributed by atoms with Crippen LogP contribution in [0.2, 0.25) is 0 Å². The van der Waals surface area contributed by atoms with Gasteiger partial charge in [0.05, 0.1) is 19.2 Å². The van der Waals surface area contributed by atoms with Gasteiger partial charge in [0.1, 0.15) is 17.2 Å². The number of rotatable bonds is 3. The summed E-state index contributed by atoms with van der Waals surface area (Å²) in [5, 5.41) is 3.03. The molecule has 0 heterocycles. The third kappa shape index (κ3) is 2.35. The molecular weight excluding hydrogens is 198 g/mol. The first-order valence-corrected chi connectivity index (χ1v) is 4.58. The fourth-order valence-corrected chi connectivity index (χ4v) is 1.25. The number of nitrogens with one attached hydrogen (secondary N) is 1. The normalized spacial score (nSPS) is 9.36. The van der Waals surface area contributed by atoms with Crippen molar-refractivity contribution in [1.29, 1.82) is 0 Å². The van der Waals surface area contributed by atoms with Crippen LogP contribution in [0.15, 0.2) is 18.2 Å². The third-order valence-corrected chi connectivity index (χ3v) is 1.83. The quantitative estimate of drug-likeness (QED) is 0.778. The highest BCUT2D eigenvalue weighted by atomic mass is 32.1. The molecule has 1 N–H and O–H groups in total. The highest BCUT2D eigenvalue weighted by Crippen LogP contribution is 2.33. The molecule has 0 aliphatic rings. The number of methoxy groups -OCH3 is 2. The summed E-state index contributed by atoms with van der Waals surface area (Å²) in [6, 6.07) is 5.56. The Kier molecular flexibility index (Phi) is 3.71. The third-order valence-electron chi connectivity index (χ3n) is 1.73. The van der Waals surface area contributed by atoms with Crippen molar-refractivity contribution >= 4 is 22.9 Å². The van der Waals surface area contributed by atoms with E-state index in [1.54, 1.807) is 21.1 Å². The zero-order valence-electron chi connectivity index (χ0n) is 8.46. The number of ether oxygens (including phenoxy) is 2. The van der Waals surface area contributed by atoms with E-state index in [0.29, 0.717) is 16.5 Å². The van der Waals surface area contributed by atoms with Crippen molar-refractivity contribution < 1.29 is 9.47 Å². The number of hydrogen-bond acceptors (Lipinski definition) is 3. The molecule has 0 aliphatic heterocycles. The molecular formula is C10H13NO2S. The summed E-state index contributed by atoms with van der Waals surface area (Å²) >= 11 is 4.97. The number of thiocarbonyl (C=S) groups is 1. The molecule has 0 saturated carbocycles. The molecule has 1 aromatic rings. The van der Waals surface area contributed by atoms with Crippen molar-refractivity contribution in [1.82, 2.24) is 0 Å². The van der Waals surface area contributed by atoms with Gasteiger partial charge in [-0.2, -0.15) is 0 Å². The lowest BCUT2D eigenvalue weighted by Gasteiger charge is -2.13. The van der Waals surface area contributed by atoms with Crippen LogP contribution in [0.5, 0.6) is 11.5 Å². The summed E-state index contributed by atoms with van der Waals surface area (Å²) in [4.78, 5) is 0.674. The van der Waals surface area contributed by atoms with Crippen LogP contribution >= 0.6 is 12.2 Å². The first-order valence-electron chi connectivity index (χ1n) is 4.17. The number of para-hydroxylation sites is 1. The maximum Gasteiger partial charge on any atom is 0.146 e. The van der Waals surface area contributed by atoms with Crippen molar-refractivity contribution in [2.75, 3.05) is 19.5 Å². The van der Waals surface area contributed by atoms with Gasteiger partial charge in [0.2, 0.25) is 0 Å². The number of hydrogen-bond donors (Lipinski definition) is 1. The largest absolute Gasteiger partial charge is 0.494 e. The highest BCUT2D eigenvalue weighted by Gasteiger charge is 2.08. The molecule has 0 aliphatic carbocycles. The Balaban J connectivity index is 3.12. The molecule has 0 aromatic heterocycles. The van der Waals surface area contributed by atoms with Gasteiger partial charge >= 0.3 is 0 Å². The average molecular weight is 211 g/mol. The van der Waals surface area contributed by atoms with E-state index >= 15 is 0 Å². The molecule has 1 rings (SSSR count). The van der Waals surface area contributed by atoms with Gasteiger partial charge in [-0.1, -0.05) is 18.3 Å². The van der Waals surface area contributed by atoms with Gasteiger partial charge in [0.25, 0.3) is 0 Å². The van der Waals surface area contributed by atoms with Gasteiger partial charge in [0.15, 0.2) is 0 Å². The van der Waals surface area contributed by atoms with Crippen LogP contribution in [0.3, 0.4) is 0 Å². The molecule has 0 fully saturated rings. The second-order valence-electron chi connectivity index (χ2n) is 2.72. The summed E-state index contributed by atoms with van der Waals surface area (Å²) < 4.78 is 10.4. The lowest BCUT2D eigenvalue weighted by Crippen LogP contribution is -2.06. The lowest BCUT2D eigenvalue weighted by atomic mass is 10.2. The Hall–Kier alpha value is -1.29. The van der Waals surface area contributed by atoms with Crippen molar-refractivity contribution in [3.05, 3.63) is 18.2 Å². The molecule has 0 spiro atoms. The van der Waals surface area contributed by atoms with Crippen LogP contribution in [0, 0.1) is 0 Å². The van der Waals surface area contributed by atoms with E-state index < -0.39 is 0 Å². The van der Waals surface area contributed by atoms with Gasteiger partial charge in [0, 0.05) is 0 Å². The minimum Gasteiger partial charge on any atom is -0.494 e. The zero-order valence-corrected chi connectivity index (χ0v) is 9.27. The molecule has 1 aromatic carbocycles. The molecule has 3 nitrogen and oxygen atoms in total. The maximum absolute atomic E-state index is 5.19. The molecule has 0 atom stereocenters. The van der Waals surface area contributed by atoms with E-state index in [4.69, 9.17) is 21.7 Å². The van der Waals surface area contributed by atoms with Crippen molar-refractivity contribution in [3.63, 3.8) is 0 Å². The Morgan fingerprint density at radius 1 is 1.21 bits per heavy atom. The van der Waals surface area contributed by atoms with Crippen molar-refractivity contribution in [3.8, 4) is 11.5 Å². The molecule has 14 heavy (non-hydrogen) atoms. The summed E-state index contributed by atoms with van der Waals surface area (Å²) in [5.74, 6) is 1.43. The highest BCUT2D eigenvalue weighted by molar-refractivity contribution is 7.80. The van der Waals surface area contributed by atoms with Gasteiger partial charge in [-0.25, -0.2) is 0 Å². The first-order chi connectivity index (χ1) is 6.69. The standard InChI is InChI=1S/C10H13NO2S/c1-7(14)11-10-8(12-2)5-4-6-9(10)13-3/h4-6H,1-3H3,(H,11,14). The van der Waals surface area contributed by atoms with E-state index in [1.165, 1.54) is 0 Å². The lowest BCUT2D eigenvalue weighted by molar-refractivity contribution is 0.398. The summed E-state index contributed by atoms with van der Waals surface area (Å²) in [5.41, 5.74) is 0.769. The van der Waals surface area contributed by atoms with Crippen LogP contribution < -0.4 is 14.8 Å². The molecule has 0 amide bonds. The van der Waals surface area contributed by atoms with Crippen LogP contribution in [0.1, 0.15) is 6.92 Å². The SMILES string of the molecule is COc1cccc(OC)c1NC(C)=S. The van der Waals surface area contributed by atoms with Crippen LogP contribution in [0.25, 0.3) is 0 Å². The Morgan fingerprint density at radius 2 is 1.71 bits per heavy atom. The van der Waals surface area contributed by atoms with E-state index in [1.807, 2.05) is 18.2 Å². The van der Waals surface area contributed by atoms with E-state index in [0.717, 1.165) is 5.69 Å². The van der Waals surface area contributed by atoms with Gasteiger partial charge in [-0.15, -0.1) is 0 Å². The van der Waals surface area contributed by atoms with Crippen molar-refractivity contribution in [2.45, 2.75) is 6.92 Å². The molecule has 76 valence electrons. The Labute approximate surface area is 89.0 Å². The van der Waals surface area contributed by atoms with E-state index in [2.05, 4.69) is 5.32 Å². The van der Waals surface area contributed by atoms with E-state index in [-0.39, 0.29) is 0 Å². The van der Waals surface area contributed by atoms with Gasteiger partial charge in [-0.3, -0.25) is 0 Å². The average Bonchev–Trinajstić information content (AvgIpc) is 2.17. The fourth-order valence-electron chi connectivity index (χ4n) is 1.15. The van der Waals surface area contributed by atoms with Crippen molar-refractivity contribution in [2.24, 2.45) is 0 Å². The predicted molar refractivity (Wildman–Crippen MR) is 61.4 cm³/mol. The van der Waals surface area contributed by atoms with Crippen LogP contribution in [-0.4, -0.2) is 19.2 Å². The monoisotopic (exact) mass is 211 g/mol. The second-order valence-corrected chi connectivity index (χ2v) is 3.33. The van der Waals surface area contributed by atoms with E-state index in [9.17, 15) is 0 Å². The predicted octanol–water partition coefficient (Wildman–Crippen LogP) is 2.46. The van der Waals surface area contributed by atoms with Gasteiger partial charge < -0.3 is 14.8 Å². The smallest absolute Gasteiger partial charge is 0.146 e. The molecule has 0 bridgehead atoms. The first kappa shape index (κ1) is 10.8. The topological polar surface area (TPSA) is 30.5 Å². The molecule has 0 saturated heterocycles. The Bertz CT molecular complexity index is 317. The second kappa shape index (κ2) is 4.81. The number of benzene rings is 1. The summed E-state index contributed by atoms with van der Waals surface area (Å²) in [6.45, 7) is 1.81. The Morgan fingerprint density at radius 3 is 2.07 bits per heavy atom. The van der Waals surface area contributed by atoms with Gasteiger partial charge in [-0.05, 0) is 19.1 Å². The minimum absolute atomic E-state index is 0.674. The maximum atomic E-state index is 5.19.